The molecule has 0 aliphatic rings. The molecule has 7 heteroatoms. The molecule has 0 bridgehead atoms. The first-order valence-electron chi connectivity index (χ1n) is 3.07. The highest BCUT2D eigenvalue weighted by atomic mass is 19.4. The Morgan fingerprint density at radius 1 is 1.58 bits per heavy atom. The van der Waals surface area contributed by atoms with Gasteiger partial charge in [-0.1, -0.05) is 0 Å². The highest BCUT2D eigenvalue weighted by Gasteiger charge is 2.29. The summed E-state index contributed by atoms with van der Waals surface area (Å²) < 4.78 is 34.4. The SMILES string of the molecule is CCN(OCC(F)(F)F)C(=O)O. The van der Waals surface area contributed by atoms with E-state index in [9.17, 15) is 18.0 Å². The van der Waals surface area contributed by atoms with Crippen molar-refractivity contribution in [2.24, 2.45) is 0 Å². The van der Waals surface area contributed by atoms with E-state index in [2.05, 4.69) is 4.84 Å². The van der Waals surface area contributed by atoms with Crippen molar-refractivity contribution in [2.45, 2.75) is 13.1 Å². The van der Waals surface area contributed by atoms with Crippen LogP contribution in [0.5, 0.6) is 0 Å². The number of hydrogen-bond acceptors (Lipinski definition) is 2. The molecule has 0 aliphatic carbocycles. The van der Waals surface area contributed by atoms with Crippen molar-refractivity contribution in [2.75, 3.05) is 13.2 Å². The molecule has 0 aromatic rings. The van der Waals surface area contributed by atoms with Gasteiger partial charge in [0.25, 0.3) is 0 Å². The Labute approximate surface area is 66.5 Å². The van der Waals surface area contributed by atoms with Crippen LogP contribution in [-0.4, -0.2) is 35.6 Å². The maximum Gasteiger partial charge on any atom is 0.431 e. The van der Waals surface area contributed by atoms with Crippen molar-refractivity contribution in [3.8, 4) is 0 Å². The van der Waals surface area contributed by atoms with E-state index in [1.165, 1.54) is 6.92 Å². The van der Waals surface area contributed by atoms with Gasteiger partial charge < -0.3 is 5.11 Å². The first-order valence-corrected chi connectivity index (χ1v) is 3.07. The second kappa shape index (κ2) is 4.15. The first-order chi connectivity index (χ1) is 5.37. The number of rotatable bonds is 3. The van der Waals surface area contributed by atoms with E-state index in [4.69, 9.17) is 5.11 Å². The fraction of sp³-hybridized carbons (Fsp3) is 0.800. The van der Waals surface area contributed by atoms with E-state index >= 15 is 0 Å². The van der Waals surface area contributed by atoms with Gasteiger partial charge in [-0.05, 0) is 6.92 Å². The van der Waals surface area contributed by atoms with Gasteiger partial charge in [-0.2, -0.15) is 18.2 Å². The molecule has 0 saturated heterocycles. The van der Waals surface area contributed by atoms with Crippen molar-refractivity contribution < 1.29 is 27.9 Å². The summed E-state index contributed by atoms with van der Waals surface area (Å²) in [7, 11) is 0. The van der Waals surface area contributed by atoms with Crippen LogP contribution in [0.2, 0.25) is 0 Å². The van der Waals surface area contributed by atoms with Gasteiger partial charge in [0.05, 0.1) is 0 Å². The highest BCUT2D eigenvalue weighted by Crippen LogP contribution is 2.15. The molecule has 0 heterocycles. The summed E-state index contributed by atoms with van der Waals surface area (Å²) in [5.41, 5.74) is 0. The number of hydrogen-bond donors (Lipinski definition) is 1. The molecule has 0 fully saturated rings. The highest BCUT2D eigenvalue weighted by molar-refractivity contribution is 5.63. The fourth-order valence-electron chi connectivity index (χ4n) is 0.433. The van der Waals surface area contributed by atoms with E-state index in [0.29, 0.717) is 0 Å². The third-order valence-electron chi connectivity index (χ3n) is 0.885. The zero-order chi connectivity index (χ0) is 9.78. The third kappa shape index (κ3) is 4.78. The maximum absolute atomic E-state index is 11.5. The van der Waals surface area contributed by atoms with Crippen molar-refractivity contribution >= 4 is 6.09 Å². The molecule has 72 valence electrons. The quantitative estimate of drug-likeness (QED) is 0.681. The van der Waals surface area contributed by atoms with Crippen molar-refractivity contribution in [1.82, 2.24) is 5.06 Å². The van der Waals surface area contributed by atoms with E-state index in [1.807, 2.05) is 0 Å². The molecule has 0 atom stereocenters. The molecule has 1 amide bonds. The summed E-state index contributed by atoms with van der Waals surface area (Å²) in [5, 5.41) is 8.42. The van der Waals surface area contributed by atoms with E-state index in [1.54, 1.807) is 0 Å². The summed E-state index contributed by atoms with van der Waals surface area (Å²) >= 11 is 0. The predicted molar refractivity (Wildman–Crippen MR) is 32.4 cm³/mol. The molecule has 0 aromatic heterocycles. The Kier molecular flexibility index (Phi) is 3.81. The molecular formula is C5H8F3NO3. The summed E-state index contributed by atoms with van der Waals surface area (Å²) in [5.74, 6) is 0. The Balaban J connectivity index is 3.81. The minimum absolute atomic E-state index is 0.147. The largest absolute Gasteiger partial charge is 0.463 e. The molecule has 4 nitrogen and oxygen atoms in total. The zero-order valence-corrected chi connectivity index (χ0v) is 6.26. The van der Waals surface area contributed by atoms with Crippen LogP contribution in [0.4, 0.5) is 18.0 Å². The van der Waals surface area contributed by atoms with Gasteiger partial charge in [0, 0.05) is 6.54 Å². The van der Waals surface area contributed by atoms with Crippen molar-refractivity contribution in [1.29, 1.82) is 0 Å². The van der Waals surface area contributed by atoms with Gasteiger partial charge in [0.2, 0.25) is 0 Å². The number of nitrogens with zero attached hydrogens (tertiary/aromatic N) is 1. The fourth-order valence-corrected chi connectivity index (χ4v) is 0.433. The number of carboxylic acid groups (broad SMARTS) is 1. The van der Waals surface area contributed by atoms with Gasteiger partial charge in [-0.3, -0.25) is 4.84 Å². The summed E-state index contributed by atoms with van der Waals surface area (Å²) in [6.45, 7) is -0.372. The average molecular weight is 187 g/mol. The molecule has 0 aliphatic heterocycles. The molecule has 0 rings (SSSR count). The Morgan fingerprint density at radius 2 is 2.08 bits per heavy atom. The standard InChI is InChI=1S/C5H8F3NO3/c1-2-9(4(10)11)12-3-5(6,7)8/h2-3H2,1H3,(H,10,11). The molecule has 0 radical (unpaired) electrons. The van der Waals surface area contributed by atoms with Crippen LogP contribution in [0.1, 0.15) is 6.92 Å². The lowest BCUT2D eigenvalue weighted by molar-refractivity contribution is -0.235. The number of carbonyl (C=O) groups is 1. The number of alkyl halides is 3. The van der Waals surface area contributed by atoms with Crippen LogP contribution >= 0.6 is 0 Å². The summed E-state index contributed by atoms with van der Waals surface area (Å²) in [4.78, 5) is 14.0. The summed E-state index contributed by atoms with van der Waals surface area (Å²) in [6.07, 6.45) is -6.05. The van der Waals surface area contributed by atoms with Crippen LogP contribution in [-0.2, 0) is 4.84 Å². The minimum atomic E-state index is -4.51. The van der Waals surface area contributed by atoms with Crippen LogP contribution < -0.4 is 0 Å². The van der Waals surface area contributed by atoms with E-state index in [0.717, 1.165) is 0 Å². The number of amides is 1. The molecule has 0 aromatic carbocycles. The van der Waals surface area contributed by atoms with Crippen LogP contribution in [0.15, 0.2) is 0 Å². The van der Waals surface area contributed by atoms with Gasteiger partial charge in [0.1, 0.15) is 0 Å². The van der Waals surface area contributed by atoms with E-state index in [-0.39, 0.29) is 11.6 Å². The molecule has 0 spiro atoms. The van der Waals surface area contributed by atoms with Crippen molar-refractivity contribution in [3.05, 3.63) is 0 Å². The number of halogens is 3. The zero-order valence-electron chi connectivity index (χ0n) is 6.26. The maximum atomic E-state index is 11.5. The van der Waals surface area contributed by atoms with Gasteiger partial charge >= 0.3 is 12.3 Å². The Hall–Kier alpha value is -0.980. The number of hydroxylamine groups is 2. The molecule has 1 N–H and O–H groups in total. The van der Waals surface area contributed by atoms with Gasteiger partial charge in [0.15, 0.2) is 6.61 Å². The van der Waals surface area contributed by atoms with Crippen LogP contribution in [0.25, 0.3) is 0 Å². The third-order valence-corrected chi connectivity index (χ3v) is 0.885. The van der Waals surface area contributed by atoms with Crippen molar-refractivity contribution in [3.63, 3.8) is 0 Å². The normalized spacial score (nSPS) is 11.3. The lowest BCUT2D eigenvalue weighted by atomic mass is 10.7. The van der Waals surface area contributed by atoms with Gasteiger partial charge in [-0.25, -0.2) is 4.79 Å². The average Bonchev–Trinajstić information content (AvgIpc) is 1.85. The smallest absolute Gasteiger partial charge is 0.431 e. The van der Waals surface area contributed by atoms with Gasteiger partial charge in [-0.15, -0.1) is 0 Å². The molecule has 0 saturated carbocycles. The topological polar surface area (TPSA) is 49.8 Å². The Bertz CT molecular complexity index is 159. The summed E-state index contributed by atoms with van der Waals surface area (Å²) in [6, 6.07) is 0. The van der Waals surface area contributed by atoms with E-state index < -0.39 is 18.9 Å². The van der Waals surface area contributed by atoms with Crippen LogP contribution in [0, 0.1) is 0 Å². The minimum Gasteiger partial charge on any atom is -0.463 e. The molecule has 12 heavy (non-hydrogen) atoms. The second-order valence-electron chi connectivity index (χ2n) is 1.87. The van der Waals surface area contributed by atoms with Crippen LogP contribution in [0.3, 0.4) is 0 Å². The predicted octanol–water partition coefficient (Wildman–Crippen LogP) is 1.48. The Morgan fingerprint density at radius 3 is 2.33 bits per heavy atom. The lowest BCUT2D eigenvalue weighted by Crippen LogP contribution is -2.33. The second-order valence-corrected chi connectivity index (χ2v) is 1.87. The first kappa shape index (κ1) is 11.0. The molecule has 0 unspecified atom stereocenters. The molecular weight excluding hydrogens is 179 g/mol. The monoisotopic (exact) mass is 187 g/mol. The lowest BCUT2D eigenvalue weighted by Gasteiger charge is -2.16.